The van der Waals surface area contributed by atoms with Gasteiger partial charge in [0, 0.05) is 31.5 Å². The van der Waals surface area contributed by atoms with Gasteiger partial charge >= 0.3 is 0 Å². The fraction of sp³-hybridized carbons (Fsp3) is 0.476. The lowest BCUT2D eigenvalue weighted by molar-refractivity contribution is -0.128. The Balaban J connectivity index is 0.00000107. The largest absolute Gasteiger partial charge is 0.483 e. The first-order valence-electron chi connectivity index (χ1n) is 10.2. The van der Waals surface area contributed by atoms with Crippen molar-refractivity contribution in [2.24, 2.45) is 5.92 Å². The van der Waals surface area contributed by atoms with Crippen LogP contribution in [0.4, 0.5) is 0 Å². The van der Waals surface area contributed by atoms with Crippen molar-refractivity contribution in [2.75, 3.05) is 6.61 Å². The molecule has 10 heteroatoms. The Kier molecular flexibility index (Phi) is 10.2. The molecule has 0 unspecified atom stereocenters. The summed E-state index contributed by atoms with van der Waals surface area (Å²) in [4.78, 5) is 44.0. The van der Waals surface area contributed by atoms with Crippen LogP contribution < -0.4 is 10.6 Å². The van der Waals surface area contributed by atoms with Gasteiger partial charge in [-0.15, -0.1) is 0 Å². The Morgan fingerprint density at radius 2 is 2.03 bits per heavy atom. The first kappa shape index (κ1) is 24.0. The number of rotatable bonds is 8. The van der Waals surface area contributed by atoms with E-state index in [9.17, 15) is 9.59 Å². The van der Waals surface area contributed by atoms with Crippen LogP contribution in [0.25, 0.3) is 0 Å². The number of aromatic amines is 1. The van der Waals surface area contributed by atoms with E-state index in [1.54, 1.807) is 12.4 Å². The zero-order valence-corrected chi connectivity index (χ0v) is 17.5. The number of imidazole rings is 1. The molecule has 1 fully saturated rings. The van der Waals surface area contributed by atoms with Crippen molar-refractivity contribution in [2.45, 2.75) is 51.3 Å². The van der Waals surface area contributed by atoms with Gasteiger partial charge in [0.05, 0.1) is 24.7 Å². The fourth-order valence-electron chi connectivity index (χ4n) is 3.45. The number of nitrogens with zero attached hydrogens (tertiary/aromatic N) is 2. The van der Waals surface area contributed by atoms with E-state index in [2.05, 4.69) is 25.6 Å². The van der Waals surface area contributed by atoms with Gasteiger partial charge in [-0.25, -0.2) is 4.98 Å². The molecule has 168 valence electrons. The van der Waals surface area contributed by atoms with Gasteiger partial charge in [-0.2, -0.15) is 0 Å². The second-order valence-electron chi connectivity index (χ2n) is 7.14. The van der Waals surface area contributed by atoms with Crippen molar-refractivity contribution in [1.82, 2.24) is 25.6 Å². The van der Waals surface area contributed by atoms with Crippen LogP contribution in [0.15, 0.2) is 37.1 Å². The second-order valence-corrected chi connectivity index (χ2v) is 7.14. The zero-order chi connectivity index (χ0) is 22.5. The van der Waals surface area contributed by atoms with Gasteiger partial charge in [0.15, 0.2) is 0 Å². The maximum absolute atomic E-state index is 12.6. The van der Waals surface area contributed by atoms with Crippen LogP contribution in [0.2, 0.25) is 0 Å². The molecule has 2 aromatic rings. The number of pyridine rings is 1. The Labute approximate surface area is 180 Å². The zero-order valence-electron chi connectivity index (χ0n) is 17.5. The number of carbonyl (C=O) groups is 3. The van der Waals surface area contributed by atoms with Crippen molar-refractivity contribution in [1.29, 1.82) is 0 Å². The van der Waals surface area contributed by atoms with Crippen molar-refractivity contribution in [3.8, 4) is 0 Å². The van der Waals surface area contributed by atoms with E-state index in [4.69, 9.17) is 14.6 Å². The Bertz CT molecular complexity index is 800. The lowest BCUT2D eigenvalue weighted by Gasteiger charge is -2.35. The van der Waals surface area contributed by atoms with E-state index in [-0.39, 0.29) is 36.4 Å². The molecule has 0 bridgehead atoms. The summed E-state index contributed by atoms with van der Waals surface area (Å²) in [5.41, 5.74) is 1.44. The molecule has 2 heterocycles. The van der Waals surface area contributed by atoms with Crippen LogP contribution in [-0.4, -0.2) is 57.1 Å². The molecular formula is C21H29N5O5. The number of nitrogens with one attached hydrogen (secondary N) is 3. The number of amides is 2. The molecule has 0 aromatic carbocycles. The average molecular weight is 431 g/mol. The predicted molar refractivity (Wildman–Crippen MR) is 112 cm³/mol. The van der Waals surface area contributed by atoms with Crippen LogP contribution in [-0.2, 0) is 20.9 Å². The van der Waals surface area contributed by atoms with E-state index in [0.29, 0.717) is 38.1 Å². The third-order valence-corrected chi connectivity index (χ3v) is 4.97. The van der Waals surface area contributed by atoms with E-state index in [0.717, 1.165) is 12.0 Å². The minimum atomic E-state index is -0.250. The number of hydrogen-bond donors (Lipinski definition) is 4. The van der Waals surface area contributed by atoms with Crippen molar-refractivity contribution in [3.63, 3.8) is 0 Å². The number of hydrogen-bond acceptors (Lipinski definition) is 6. The van der Waals surface area contributed by atoms with Crippen LogP contribution in [0.5, 0.6) is 0 Å². The monoisotopic (exact) mass is 431 g/mol. The molecule has 1 aliphatic carbocycles. The average Bonchev–Trinajstić information content (AvgIpc) is 3.33. The Morgan fingerprint density at radius 3 is 2.68 bits per heavy atom. The number of ether oxygens (including phenoxy) is 1. The number of carboxylic acid groups (broad SMARTS) is 1. The first-order valence-corrected chi connectivity index (χ1v) is 10.2. The van der Waals surface area contributed by atoms with Gasteiger partial charge in [-0.05, 0) is 43.4 Å². The summed E-state index contributed by atoms with van der Waals surface area (Å²) < 4.78 is 5.98. The summed E-state index contributed by atoms with van der Waals surface area (Å²) in [6.45, 7) is 2.88. The van der Waals surface area contributed by atoms with Gasteiger partial charge in [0.25, 0.3) is 12.4 Å². The molecule has 3 atom stereocenters. The highest BCUT2D eigenvalue weighted by atomic mass is 16.5. The molecule has 0 aliphatic heterocycles. The molecule has 0 spiro atoms. The quantitative estimate of drug-likeness (QED) is 0.463. The maximum atomic E-state index is 12.6. The van der Waals surface area contributed by atoms with Crippen LogP contribution in [0.3, 0.4) is 0 Å². The summed E-state index contributed by atoms with van der Waals surface area (Å²) in [6, 6.07) is 3.65. The number of aromatic nitrogens is 3. The van der Waals surface area contributed by atoms with Gasteiger partial charge in [0.1, 0.15) is 5.69 Å². The topological polar surface area (TPSA) is 146 Å². The lowest BCUT2D eigenvalue weighted by atomic mass is 9.83. The molecule has 0 saturated heterocycles. The molecule has 0 radical (unpaired) electrons. The summed E-state index contributed by atoms with van der Waals surface area (Å²) in [7, 11) is 0. The third-order valence-electron chi connectivity index (χ3n) is 4.97. The smallest absolute Gasteiger partial charge is 0.290 e. The normalized spacial score (nSPS) is 20.1. The molecule has 4 N–H and O–H groups in total. The highest BCUT2D eigenvalue weighted by Gasteiger charge is 2.35. The predicted octanol–water partition coefficient (Wildman–Crippen LogP) is 1.52. The summed E-state index contributed by atoms with van der Waals surface area (Å²) in [5, 5.41) is 12.9. The van der Waals surface area contributed by atoms with E-state index in [1.165, 1.54) is 12.5 Å². The minimum absolute atomic E-state index is 0.0280. The van der Waals surface area contributed by atoms with Gasteiger partial charge in [0.2, 0.25) is 5.91 Å². The molecule has 2 aromatic heterocycles. The van der Waals surface area contributed by atoms with E-state index < -0.39 is 0 Å². The van der Waals surface area contributed by atoms with Crippen molar-refractivity contribution >= 4 is 18.3 Å². The van der Waals surface area contributed by atoms with E-state index in [1.807, 2.05) is 19.1 Å². The minimum Gasteiger partial charge on any atom is -0.483 e. The molecule has 1 saturated carbocycles. The summed E-state index contributed by atoms with van der Waals surface area (Å²) in [6.07, 6.45) is 9.10. The van der Waals surface area contributed by atoms with Gasteiger partial charge in [-0.1, -0.05) is 6.92 Å². The molecule has 10 nitrogen and oxygen atoms in total. The fourth-order valence-corrected chi connectivity index (χ4v) is 3.45. The molecule has 3 rings (SSSR count). The van der Waals surface area contributed by atoms with E-state index >= 15 is 0 Å². The van der Waals surface area contributed by atoms with Crippen LogP contribution >= 0.6 is 0 Å². The SMILES string of the molecule is CCCO[C@@H]1C[C@@H](C(=O)NCc2ccncc2)CC[C@H]1NC(=O)c1cnc[nH]1.O=CO. The van der Waals surface area contributed by atoms with Crippen LogP contribution in [0, 0.1) is 5.92 Å². The molecule has 1 aliphatic rings. The highest BCUT2D eigenvalue weighted by molar-refractivity contribution is 5.92. The van der Waals surface area contributed by atoms with Crippen LogP contribution in [0.1, 0.15) is 48.7 Å². The second kappa shape index (κ2) is 13.1. The third kappa shape index (κ3) is 7.82. The van der Waals surface area contributed by atoms with Gasteiger partial charge < -0.3 is 25.5 Å². The standard InChI is InChI=1S/C20H27N5O3.CH2O2/c1-2-9-28-18-10-15(19(26)23-11-14-5-7-21-8-6-14)3-4-16(18)25-20(27)17-12-22-13-24-17;2-1-3/h5-8,12-13,15-16,18H,2-4,9-11H2,1H3,(H,22,24)(H,23,26)(H,25,27);1H,(H,2,3)/t15-,16+,18+;/m0./s1. The molecular weight excluding hydrogens is 402 g/mol. The van der Waals surface area contributed by atoms with Crippen molar-refractivity contribution < 1.29 is 24.2 Å². The van der Waals surface area contributed by atoms with Crippen molar-refractivity contribution in [3.05, 3.63) is 48.3 Å². The Hall–Kier alpha value is -3.27. The summed E-state index contributed by atoms with van der Waals surface area (Å²) >= 11 is 0. The molecule has 2 amide bonds. The van der Waals surface area contributed by atoms with Gasteiger partial charge in [-0.3, -0.25) is 19.4 Å². The summed E-state index contributed by atoms with van der Waals surface area (Å²) in [5.74, 6) is -0.294. The number of H-pyrrole nitrogens is 1. The highest BCUT2D eigenvalue weighted by Crippen LogP contribution is 2.27. The molecule has 31 heavy (non-hydrogen) atoms. The Morgan fingerprint density at radius 1 is 1.29 bits per heavy atom. The maximum Gasteiger partial charge on any atom is 0.290 e. The number of carbonyl (C=O) groups excluding carboxylic acids is 2. The first-order chi connectivity index (χ1) is 15.1. The lowest BCUT2D eigenvalue weighted by Crippen LogP contribution is -2.50.